The van der Waals surface area contributed by atoms with E-state index in [1.54, 1.807) is 12.1 Å². The van der Waals surface area contributed by atoms with Crippen LogP contribution in [0.15, 0.2) is 24.3 Å². The van der Waals surface area contributed by atoms with Crippen molar-refractivity contribution in [3.05, 3.63) is 29.8 Å². The van der Waals surface area contributed by atoms with E-state index in [1.807, 2.05) is 0 Å². The fourth-order valence-corrected chi connectivity index (χ4v) is 2.12. The molecular weight excluding hydrogens is 246 g/mol. The number of rotatable bonds is 5. The molecule has 0 spiro atoms. The number of anilines is 1. The van der Waals surface area contributed by atoms with Crippen molar-refractivity contribution in [1.82, 2.24) is 0 Å². The third-order valence-electron chi connectivity index (χ3n) is 3.11. The van der Waals surface area contributed by atoms with E-state index in [0.29, 0.717) is 18.5 Å². The van der Waals surface area contributed by atoms with Gasteiger partial charge in [0, 0.05) is 18.7 Å². The molecule has 1 unspecified atom stereocenters. The van der Waals surface area contributed by atoms with Crippen molar-refractivity contribution in [3.63, 3.8) is 0 Å². The van der Waals surface area contributed by atoms with Crippen molar-refractivity contribution in [1.29, 1.82) is 0 Å². The number of aromatic carboxylic acids is 1. The van der Waals surface area contributed by atoms with Gasteiger partial charge in [0.05, 0.1) is 11.7 Å². The third kappa shape index (κ3) is 4.06. The number of hydrogen-bond acceptors (Lipinski definition) is 3. The Labute approximate surface area is 111 Å². The van der Waals surface area contributed by atoms with Crippen LogP contribution in [0.25, 0.3) is 0 Å². The summed E-state index contributed by atoms with van der Waals surface area (Å²) in [5, 5.41) is 11.6. The first-order valence-electron chi connectivity index (χ1n) is 6.40. The molecule has 1 atom stereocenters. The van der Waals surface area contributed by atoms with Crippen LogP contribution in [0, 0.1) is 0 Å². The zero-order chi connectivity index (χ0) is 13.7. The lowest BCUT2D eigenvalue weighted by Crippen LogP contribution is -2.15. The Morgan fingerprint density at radius 1 is 1.42 bits per heavy atom. The van der Waals surface area contributed by atoms with E-state index in [-0.39, 0.29) is 17.6 Å². The molecule has 5 heteroatoms. The van der Waals surface area contributed by atoms with Crippen molar-refractivity contribution in [2.75, 3.05) is 11.9 Å². The molecule has 2 N–H and O–H groups in total. The first kappa shape index (κ1) is 13.5. The zero-order valence-corrected chi connectivity index (χ0v) is 10.6. The zero-order valence-electron chi connectivity index (χ0n) is 10.6. The molecule has 1 aliphatic rings. The maximum absolute atomic E-state index is 11.7. The maximum Gasteiger partial charge on any atom is 0.335 e. The topological polar surface area (TPSA) is 75.6 Å². The molecule has 1 aliphatic heterocycles. The fourth-order valence-electron chi connectivity index (χ4n) is 2.12. The van der Waals surface area contributed by atoms with Crippen molar-refractivity contribution < 1.29 is 19.4 Å². The van der Waals surface area contributed by atoms with Gasteiger partial charge in [0.2, 0.25) is 5.91 Å². The summed E-state index contributed by atoms with van der Waals surface area (Å²) in [5.41, 5.74) is 0.675. The molecule has 0 bridgehead atoms. The second-order valence-electron chi connectivity index (χ2n) is 4.61. The molecule has 1 aromatic rings. The van der Waals surface area contributed by atoms with Gasteiger partial charge >= 0.3 is 5.97 Å². The molecule has 0 aliphatic carbocycles. The Morgan fingerprint density at radius 3 is 2.95 bits per heavy atom. The molecular formula is C14H17NO4. The lowest BCUT2D eigenvalue weighted by Gasteiger charge is -2.09. The molecule has 19 heavy (non-hydrogen) atoms. The Bertz CT molecular complexity index is 466. The minimum atomic E-state index is -1.00. The van der Waals surface area contributed by atoms with E-state index < -0.39 is 5.97 Å². The summed E-state index contributed by atoms with van der Waals surface area (Å²) in [5.74, 6) is -1.12. The molecule has 1 saturated heterocycles. The quantitative estimate of drug-likeness (QED) is 0.854. The Hall–Kier alpha value is -1.88. The molecule has 2 rings (SSSR count). The molecule has 5 nitrogen and oxygen atoms in total. The number of benzene rings is 1. The first-order chi connectivity index (χ1) is 9.15. The standard InChI is InChI=1S/C14H17NO4/c16-13(7-6-12-5-2-8-19-12)15-11-4-1-3-10(9-11)14(17)18/h1,3-4,9,12H,2,5-8H2,(H,15,16)(H,17,18). The Balaban J connectivity index is 1.84. The molecule has 0 radical (unpaired) electrons. The predicted octanol–water partition coefficient (Wildman–Crippen LogP) is 2.28. The molecule has 102 valence electrons. The summed E-state index contributed by atoms with van der Waals surface area (Å²) in [7, 11) is 0. The van der Waals surface area contributed by atoms with E-state index in [4.69, 9.17) is 9.84 Å². The second-order valence-corrected chi connectivity index (χ2v) is 4.61. The molecule has 1 aromatic carbocycles. The number of hydrogen-bond donors (Lipinski definition) is 2. The third-order valence-corrected chi connectivity index (χ3v) is 3.11. The summed E-state index contributed by atoms with van der Waals surface area (Å²) in [6, 6.07) is 6.23. The van der Waals surface area contributed by atoms with E-state index in [1.165, 1.54) is 12.1 Å². The maximum atomic E-state index is 11.7. The van der Waals surface area contributed by atoms with Crippen LogP contribution in [0.4, 0.5) is 5.69 Å². The number of carboxylic acids is 1. The van der Waals surface area contributed by atoms with Gasteiger partial charge < -0.3 is 15.2 Å². The van der Waals surface area contributed by atoms with Crippen LogP contribution in [0.1, 0.15) is 36.0 Å². The average Bonchev–Trinajstić information content (AvgIpc) is 2.90. The normalized spacial score (nSPS) is 18.2. The van der Waals surface area contributed by atoms with Gasteiger partial charge in [-0.2, -0.15) is 0 Å². The minimum absolute atomic E-state index is 0.113. The summed E-state index contributed by atoms with van der Waals surface area (Å²) >= 11 is 0. The number of ether oxygens (including phenoxy) is 1. The summed E-state index contributed by atoms with van der Waals surface area (Å²) < 4.78 is 5.45. The highest BCUT2D eigenvalue weighted by Crippen LogP contribution is 2.17. The van der Waals surface area contributed by atoms with Crippen LogP contribution in [0.3, 0.4) is 0 Å². The van der Waals surface area contributed by atoms with Crippen LogP contribution >= 0.6 is 0 Å². The summed E-state index contributed by atoms with van der Waals surface area (Å²) in [6.07, 6.45) is 3.37. The van der Waals surface area contributed by atoms with Gasteiger partial charge in [-0.05, 0) is 37.5 Å². The van der Waals surface area contributed by atoms with Gasteiger partial charge in [-0.25, -0.2) is 4.79 Å². The smallest absolute Gasteiger partial charge is 0.335 e. The number of amides is 1. The van der Waals surface area contributed by atoms with E-state index in [2.05, 4.69) is 5.32 Å². The molecule has 1 fully saturated rings. The van der Waals surface area contributed by atoms with Crippen molar-refractivity contribution in [3.8, 4) is 0 Å². The Morgan fingerprint density at radius 2 is 2.26 bits per heavy atom. The van der Waals surface area contributed by atoms with Crippen LogP contribution < -0.4 is 5.32 Å². The highest BCUT2D eigenvalue weighted by Gasteiger charge is 2.16. The van der Waals surface area contributed by atoms with E-state index in [9.17, 15) is 9.59 Å². The molecule has 1 amide bonds. The van der Waals surface area contributed by atoms with Crippen molar-refractivity contribution >= 4 is 17.6 Å². The average molecular weight is 263 g/mol. The molecule has 1 heterocycles. The lowest BCUT2D eigenvalue weighted by molar-refractivity contribution is -0.116. The minimum Gasteiger partial charge on any atom is -0.478 e. The van der Waals surface area contributed by atoms with Crippen LogP contribution in [-0.4, -0.2) is 29.7 Å². The lowest BCUT2D eigenvalue weighted by atomic mass is 10.1. The van der Waals surface area contributed by atoms with E-state index >= 15 is 0 Å². The molecule has 0 aromatic heterocycles. The van der Waals surface area contributed by atoms with Gasteiger partial charge in [0.25, 0.3) is 0 Å². The summed E-state index contributed by atoms with van der Waals surface area (Å²) in [4.78, 5) is 22.5. The van der Waals surface area contributed by atoms with Gasteiger partial charge in [-0.15, -0.1) is 0 Å². The number of carboxylic acid groups (broad SMARTS) is 1. The van der Waals surface area contributed by atoms with Crippen LogP contribution in [-0.2, 0) is 9.53 Å². The van der Waals surface area contributed by atoms with Crippen LogP contribution in [0.5, 0.6) is 0 Å². The van der Waals surface area contributed by atoms with E-state index in [0.717, 1.165) is 19.4 Å². The Kier molecular flexibility index (Phi) is 4.52. The van der Waals surface area contributed by atoms with Gasteiger partial charge in [0.1, 0.15) is 0 Å². The second kappa shape index (κ2) is 6.33. The monoisotopic (exact) mass is 263 g/mol. The van der Waals surface area contributed by atoms with Crippen molar-refractivity contribution in [2.24, 2.45) is 0 Å². The number of carbonyl (C=O) groups is 2. The number of carbonyl (C=O) groups excluding carboxylic acids is 1. The molecule has 0 saturated carbocycles. The van der Waals surface area contributed by atoms with Gasteiger partial charge in [-0.3, -0.25) is 4.79 Å². The van der Waals surface area contributed by atoms with Gasteiger partial charge in [0.15, 0.2) is 0 Å². The highest BCUT2D eigenvalue weighted by atomic mass is 16.5. The van der Waals surface area contributed by atoms with Crippen molar-refractivity contribution in [2.45, 2.75) is 31.8 Å². The SMILES string of the molecule is O=C(CCC1CCCO1)Nc1cccc(C(=O)O)c1. The largest absolute Gasteiger partial charge is 0.478 e. The first-order valence-corrected chi connectivity index (χ1v) is 6.40. The highest BCUT2D eigenvalue weighted by molar-refractivity contribution is 5.93. The van der Waals surface area contributed by atoms with Crippen LogP contribution in [0.2, 0.25) is 0 Å². The number of nitrogens with one attached hydrogen (secondary N) is 1. The van der Waals surface area contributed by atoms with Gasteiger partial charge in [-0.1, -0.05) is 6.07 Å². The predicted molar refractivity (Wildman–Crippen MR) is 70.2 cm³/mol. The summed E-state index contributed by atoms with van der Waals surface area (Å²) in [6.45, 7) is 0.785. The fraction of sp³-hybridized carbons (Fsp3) is 0.429.